The van der Waals surface area contributed by atoms with Crippen molar-refractivity contribution in [3.05, 3.63) is 29.6 Å². The van der Waals surface area contributed by atoms with Gasteiger partial charge in [-0.1, -0.05) is 0 Å². The third kappa shape index (κ3) is 2.62. The van der Waals surface area contributed by atoms with Crippen molar-refractivity contribution in [2.45, 2.75) is 26.8 Å². The number of carbonyl (C=O) groups is 2. The van der Waals surface area contributed by atoms with Gasteiger partial charge in [0.05, 0.1) is 6.42 Å². The van der Waals surface area contributed by atoms with Crippen LogP contribution in [-0.2, 0) is 17.8 Å². The van der Waals surface area contributed by atoms with E-state index in [1.807, 2.05) is 6.92 Å². The summed E-state index contributed by atoms with van der Waals surface area (Å²) in [7, 11) is 0. The summed E-state index contributed by atoms with van der Waals surface area (Å²) in [5.41, 5.74) is 1.06. The number of hydrogen-bond donors (Lipinski definition) is 1. The second-order valence-corrected chi connectivity index (χ2v) is 3.29. The fraction of sp³-hybridized carbons (Fsp3) is 0.364. The molecule has 0 fully saturated rings. The number of carbonyl (C=O) groups excluding carboxylic acids is 1. The van der Waals surface area contributed by atoms with Gasteiger partial charge in [0.2, 0.25) is 5.78 Å². The second kappa shape index (κ2) is 4.68. The van der Waals surface area contributed by atoms with Crippen LogP contribution in [0.2, 0.25) is 0 Å². The third-order valence-electron chi connectivity index (χ3n) is 2.17. The van der Waals surface area contributed by atoms with Crippen molar-refractivity contribution in [1.29, 1.82) is 0 Å². The predicted molar refractivity (Wildman–Crippen MR) is 53.7 cm³/mol. The zero-order valence-electron chi connectivity index (χ0n) is 8.86. The fourth-order valence-corrected chi connectivity index (χ4v) is 1.60. The van der Waals surface area contributed by atoms with E-state index >= 15 is 0 Å². The van der Waals surface area contributed by atoms with Crippen molar-refractivity contribution in [1.82, 2.24) is 0 Å². The van der Waals surface area contributed by atoms with E-state index in [9.17, 15) is 9.59 Å². The van der Waals surface area contributed by atoms with Crippen molar-refractivity contribution in [2.24, 2.45) is 0 Å². The van der Waals surface area contributed by atoms with Crippen molar-refractivity contribution >= 4 is 11.8 Å². The second-order valence-electron chi connectivity index (χ2n) is 3.29. The number of pyridine rings is 1. The van der Waals surface area contributed by atoms with Gasteiger partial charge in [-0.2, -0.15) is 4.57 Å². The summed E-state index contributed by atoms with van der Waals surface area (Å²) in [6.45, 7) is 4.02. The highest BCUT2D eigenvalue weighted by atomic mass is 16.4. The molecule has 15 heavy (non-hydrogen) atoms. The Balaban J connectivity index is 3.25. The Morgan fingerprint density at radius 1 is 1.47 bits per heavy atom. The van der Waals surface area contributed by atoms with Gasteiger partial charge in [-0.15, -0.1) is 0 Å². The van der Waals surface area contributed by atoms with Crippen molar-refractivity contribution in [2.75, 3.05) is 0 Å². The van der Waals surface area contributed by atoms with Crippen molar-refractivity contribution in [3.8, 4) is 0 Å². The fourth-order valence-electron chi connectivity index (χ4n) is 1.60. The summed E-state index contributed by atoms with van der Waals surface area (Å²) >= 11 is 0. The first kappa shape index (κ1) is 11.4. The van der Waals surface area contributed by atoms with Crippen LogP contribution in [0.25, 0.3) is 0 Å². The Morgan fingerprint density at radius 3 is 2.60 bits per heavy atom. The number of ketones is 1. The van der Waals surface area contributed by atoms with Gasteiger partial charge in [-0.05, 0) is 13.0 Å². The highest BCUT2D eigenvalue weighted by Crippen LogP contribution is 2.06. The molecule has 80 valence electrons. The SMILES string of the molecule is CC[n+]1cccc(CC(=O)O)c1C(C)=O. The van der Waals surface area contributed by atoms with E-state index in [0.29, 0.717) is 17.8 Å². The maximum Gasteiger partial charge on any atom is 0.308 e. The molecule has 0 bridgehead atoms. The van der Waals surface area contributed by atoms with Crippen LogP contribution in [-0.4, -0.2) is 16.9 Å². The molecule has 1 aromatic heterocycles. The molecule has 0 atom stereocenters. The molecule has 4 nitrogen and oxygen atoms in total. The van der Waals surface area contributed by atoms with E-state index in [-0.39, 0.29) is 12.2 Å². The quantitative estimate of drug-likeness (QED) is 0.588. The molecule has 4 heteroatoms. The van der Waals surface area contributed by atoms with Crippen LogP contribution in [0, 0.1) is 0 Å². The van der Waals surface area contributed by atoms with Gasteiger partial charge < -0.3 is 5.11 Å². The Hall–Kier alpha value is -1.71. The van der Waals surface area contributed by atoms with Crippen molar-refractivity contribution in [3.63, 3.8) is 0 Å². The van der Waals surface area contributed by atoms with E-state index in [0.717, 1.165) is 0 Å². The third-order valence-corrected chi connectivity index (χ3v) is 2.17. The summed E-state index contributed by atoms with van der Waals surface area (Å²) in [5.74, 6) is -1.03. The Labute approximate surface area is 88.2 Å². The number of rotatable bonds is 4. The van der Waals surface area contributed by atoms with E-state index in [2.05, 4.69) is 0 Å². The monoisotopic (exact) mass is 208 g/mol. The topological polar surface area (TPSA) is 58.2 Å². The molecular formula is C11H14NO3+. The maximum absolute atomic E-state index is 11.4. The highest BCUT2D eigenvalue weighted by molar-refractivity contribution is 5.93. The first-order valence-corrected chi connectivity index (χ1v) is 4.80. The smallest absolute Gasteiger partial charge is 0.308 e. The van der Waals surface area contributed by atoms with E-state index in [1.54, 1.807) is 22.9 Å². The lowest BCUT2D eigenvalue weighted by Crippen LogP contribution is -2.40. The molecule has 0 aliphatic rings. The minimum atomic E-state index is -0.925. The van der Waals surface area contributed by atoms with E-state index < -0.39 is 5.97 Å². The van der Waals surface area contributed by atoms with Gasteiger partial charge in [0.25, 0.3) is 5.69 Å². The minimum absolute atomic E-state index is 0.103. The molecular weight excluding hydrogens is 194 g/mol. The molecule has 1 aromatic rings. The molecule has 0 amide bonds. The number of hydrogen-bond acceptors (Lipinski definition) is 2. The average molecular weight is 208 g/mol. The standard InChI is InChI=1S/C11H13NO3/c1-3-12-6-4-5-9(7-10(14)15)11(12)8(2)13/h4-6H,3,7H2,1-2H3/p+1. The number of aromatic nitrogens is 1. The number of aliphatic carboxylic acids is 1. The Morgan fingerprint density at radius 2 is 2.13 bits per heavy atom. The zero-order valence-corrected chi connectivity index (χ0v) is 8.86. The average Bonchev–Trinajstić information content (AvgIpc) is 2.15. The lowest BCUT2D eigenvalue weighted by molar-refractivity contribution is -0.695. The van der Waals surface area contributed by atoms with Gasteiger partial charge in [-0.3, -0.25) is 9.59 Å². The minimum Gasteiger partial charge on any atom is -0.481 e. The van der Waals surface area contributed by atoms with Crippen LogP contribution in [0.3, 0.4) is 0 Å². The van der Waals surface area contributed by atoms with Crippen LogP contribution in [0.1, 0.15) is 29.9 Å². The normalized spacial score (nSPS) is 10.0. The maximum atomic E-state index is 11.4. The number of carboxylic acids is 1. The first-order chi connectivity index (χ1) is 7.06. The molecule has 0 saturated heterocycles. The lowest BCUT2D eigenvalue weighted by Gasteiger charge is -2.03. The van der Waals surface area contributed by atoms with Crippen molar-refractivity contribution < 1.29 is 19.3 Å². The van der Waals surface area contributed by atoms with Crippen LogP contribution in [0.4, 0.5) is 0 Å². The molecule has 0 aliphatic heterocycles. The number of Topliss-reactive ketones (excluding diaryl/α,β-unsaturated/α-hetero) is 1. The zero-order chi connectivity index (χ0) is 11.4. The molecule has 1 heterocycles. The van der Waals surface area contributed by atoms with Crippen LogP contribution in [0.15, 0.2) is 18.3 Å². The number of carboxylic acid groups (broad SMARTS) is 1. The summed E-state index contributed by atoms with van der Waals surface area (Å²) in [6, 6.07) is 3.44. The van der Waals surface area contributed by atoms with Gasteiger partial charge in [0, 0.05) is 18.6 Å². The number of aryl methyl sites for hydroxylation is 1. The molecule has 1 rings (SSSR count). The van der Waals surface area contributed by atoms with E-state index in [4.69, 9.17) is 5.11 Å². The van der Waals surface area contributed by atoms with Crippen LogP contribution < -0.4 is 4.57 Å². The van der Waals surface area contributed by atoms with Crippen LogP contribution in [0.5, 0.6) is 0 Å². The molecule has 1 N–H and O–H groups in total. The molecule has 0 aliphatic carbocycles. The summed E-state index contributed by atoms with van der Waals surface area (Å²) in [6.07, 6.45) is 1.66. The predicted octanol–water partition coefficient (Wildman–Crippen LogP) is 0.824. The molecule has 0 radical (unpaired) electrons. The first-order valence-electron chi connectivity index (χ1n) is 4.80. The molecule has 0 aromatic carbocycles. The highest BCUT2D eigenvalue weighted by Gasteiger charge is 2.20. The largest absolute Gasteiger partial charge is 0.481 e. The molecule has 0 spiro atoms. The van der Waals surface area contributed by atoms with Gasteiger partial charge in [-0.25, -0.2) is 0 Å². The van der Waals surface area contributed by atoms with Gasteiger partial charge in [0.15, 0.2) is 6.20 Å². The lowest BCUT2D eigenvalue weighted by atomic mass is 10.1. The Kier molecular flexibility index (Phi) is 3.55. The van der Waals surface area contributed by atoms with Crippen LogP contribution >= 0.6 is 0 Å². The summed E-state index contributed by atoms with van der Waals surface area (Å²) < 4.78 is 1.76. The summed E-state index contributed by atoms with van der Waals surface area (Å²) in [4.78, 5) is 22.0. The summed E-state index contributed by atoms with van der Waals surface area (Å²) in [5, 5.41) is 8.72. The van der Waals surface area contributed by atoms with Gasteiger partial charge >= 0.3 is 5.97 Å². The van der Waals surface area contributed by atoms with E-state index in [1.165, 1.54) is 6.92 Å². The van der Waals surface area contributed by atoms with Gasteiger partial charge in [0.1, 0.15) is 6.54 Å². The molecule has 0 unspecified atom stereocenters. The molecule has 0 saturated carbocycles. The number of nitrogens with zero attached hydrogens (tertiary/aromatic N) is 1. The Bertz CT molecular complexity index is 399.